The Hall–Kier alpha value is -1.76. The van der Waals surface area contributed by atoms with Crippen molar-refractivity contribution in [2.24, 2.45) is 0 Å². The van der Waals surface area contributed by atoms with Gasteiger partial charge in [-0.15, -0.1) is 0 Å². The molecule has 26 heavy (non-hydrogen) atoms. The van der Waals surface area contributed by atoms with Crippen molar-refractivity contribution in [2.45, 2.75) is 6.10 Å². The maximum absolute atomic E-state index is 10.3. The lowest BCUT2D eigenvalue weighted by molar-refractivity contribution is 0.0663. The van der Waals surface area contributed by atoms with Crippen LogP contribution in [0.1, 0.15) is 0 Å². The Kier molecular flexibility index (Phi) is 6.77. The zero-order chi connectivity index (χ0) is 18.4. The maximum atomic E-state index is 10.3. The maximum Gasteiger partial charge on any atom is 0.120 e. The number of ether oxygens (including phenoxy) is 2. The number of hydrogen-bond acceptors (Lipinski definition) is 5. The van der Waals surface area contributed by atoms with E-state index in [-0.39, 0.29) is 0 Å². The minimum absolute atomic E-state index is 0.298. The van der Waals surface area contributed by atoms with Gasteiger partial charge in [-0.25, -0.2) is 0 Å². The summed E-state index contributed by atoms with van der Waals surface area (Å²) in [4.78, 5) is 4.63. The second kappa shape index (κ2) is 9.26. The third kappa shape index (κ3) is 5.37. The second-order valence-corrected chi connectivity index (χ2v) is 7.33. The summed E-state index contributed by atoms with van der Waals surface area (Å²) in [6.07, 6.45) is -0.502. The van der Waals surface area contributed by atoms with E-state index in [1.807, 2.05) is 36.4 Å². The summed E-state index contributed by atoms with van der Waals surface area (Å²) >= 11 is 3.42. The zero-order valence-corrected chi connectivity index (χ0v) is 16.6. The van der Waals surface area contributed by atoms with Gasteiger partial charge in [0.05, 0.1) is 7.11 Å². The normalized spacial score (nSPS) is 16.3. The van der Waals surface area contributed by atoms with Crippen LogP contribution in [0.5, 0.6) is 11.5 Å². The SMILES string of the molecule is COc1cccc(N2CCN(CC(O)COc3cccc(Br)c3)CC2)c1. The van der Waals surface area contributed by atoms with E-state index in [1.165, 1.54) is 5.69 Å². The van der Waals surface area contributed by atoms with Crippen molar-refractivity contribution in [3.63, 3.8) is 0 Å². The van der Waals surface area contributed by atoms with Crippen LogP contribution >= 0.6 is 15.9 Å². The molecule has 1 atom stereocenters. The van der Waals surface area contributed by atoms with E-state index in [9.17, 15) is 5.11 Å². The van der Waals surface area contributed by atoms with Crippen molar-refractivity contribution < 1.29 is 14.6 Å². The Morgan fingerprint density at radius 1 is 1.04 bits per heavy atom. The first-order chi connectivity index (χ1) is 12.6. The average molecular weight is 421 g/mol. The molecule has 6 heteroatoms. The Bertz CT molecular complexity index is 705. The molecular weight excluding hydrogens is 396 g/mol. The molecule has 0 saturated carbocycles. The Morgan fingerprint density at radius 3 is 2.50 bits per heavy atom. The summed E-state index contributed by atoms with van der Waals surface area (Å²) in [6.45, 7) is 4.64. The summed E-state index contributed by atoms with van der Waals surface area (Å²) < 4.78 is 11.9. The van der Waals surface area contributed by atoms with Crippen molar-refractivity contribution in [1.82, 2.24) is 4.90 Å². The van der Waals surface area contributed by atoms with Crippen LogP contribution in [-0.4, -0.2) is 62.6 Å². The van der Waals surface area contributed by atoms with E-state index >= 15 is 0 Å². The summed E-state index contributed by atoms with van der Waals surface area (Å²) in [5, 5.41) is 10.3. The minimum Gasteiger partial charge on any atom is -0.497 e. The van der Waals surface area contributed by atoms with Crippen molar-refractivity contribution >= 4 is 21.6 Å². The highest BCUT2D eigenvalue weighted by Gasteiger charge is 2.20. The zero-order valence-electron chi connectivity index (χ0n) is 15.0. The number of methoxy groups -OCH3 is 1. The molecule has 2 aromatic carbocycles. The van der Waals surface area contributed by atoms with Crippen molar-refractivity contribution in [1.29, 1.82) is 0 Å². The van der Waals surface area contributed by atoms with Gasteiger partial charge in [0.2, 0.25) is 0 Å². The highest BCUT2D eigenvalue weighted by molar-refractivity contribution is 9.10. The van der Waals surface area contributed by atoms with Crippen LogP contribution in [-0.2, 0) is 0 Å². The number of piperazine rings is 1. The summed E-state index contributed by atoms with van der Waals surface area (Å²) in [7, 11) is 1.69. The number of nitrogens with zero attached hydrogens (tertiary/aromatic N) is 2. The summed E-state index contributed by atoms with van der Waals surface area (Å²) in [5.74, 6) is 1.64. The van der Waals surface area contributed by atoms with Gasteiger partial charge in [0, 0.05) is 49.0 Å². The highest BCUT2D eigenvalue weighted by atomic mass is 79.9. The van der Waals surface area contributed by atoms with E-state index < -0.39 is 6.10 Å². The van der Waals surface area contributed by atoms with E-state index in [1.54, 1.807) is 7.11 Å². The van der Waals surface area contributed by atoms with Gasteiger partial charge >= 0.3 is 0 Å². The molecule has 0 aliphatic carbocycles. The number of aliphatic hydroxyl groups is 1. The van der Waals surface area contributed by atoms with Gasteiger partial charge in [-0.05, 0) is 30.3 Å². The van der Waals surface area contributed by atoms with E-state index in [0.717, 1.165) is 42.2 Å². The Morgan fingerprint density at radius 2 is 1.77 bits per heavy atom. The smallest absolute Gasteiger partial charge is 0.120 e. The lowest BCUT2D eigenvalue weighted by Crippen LogP contribution is -2.49. The van der Waals surface area contributed by atoms with Crippen molar-refractivity contribution in [2.75, 3.05) is 51.3 Å². The average Bonchev–Trinajstić information content (AvgIpc) is 2.67. The molecule has 1 aliphatic heterocycles. The molecule has 1 unspecified atom stereocenters. The fourth-order valence-electron chi connectivity index (χ4n) is 3.10. The Labute approximate surface area is 163 Å². The first-order valence-electron chi connectivity index (χ1n) is 8.82. The van der Waals surface area contributed by atoms with Gasteiger partial charge in [0.15, 0.2) is 0 Å². The largest absolute Gasteiger partial charge is 0.497 e. The highest BCUT2D eigenvalue weighted by Crippen LogP contribution is 2.22. The number of hydrogen-bond donors (Lipinski definition) is 1. The van der Waals surface area contributed by atoms with Crippen LogP contribution in [0.4, 0.5) is 5.69 Å². The summed E-state index contributed by atoms with van der Waals surface area (Å²) in [5.41, 5.74) is 1.18. The van der Waals surface area contributed by atoms with Crippen LogP contribution in [0.3, 0.4) is 0 Å². The number of benzene rings is 2. The predicted octanol–water partition coefficient (Wildman–Crippen LogP) is 3.02. The van der Waals surface area contributed by atoms with Crippen LogP contribution < -0.4 is 14.4 Å². The van der Waals surface area contributed by atoms with Gasteiger partial charge in [-0.1, -0.05) is 28.1 Å². The molecule has 5 nitrogen and oxygen atoms in total. The minimum atomic E-state index is -0.502. The topological polar surface area (TPSA) is 45.2 Å². The molecule has 0 spiro atoms. The number of aliphatic hydroxyl groups excluding tert-OH is 1. The third-order valence-corrected chi connectivity index (χ3v) is 4.99. The molecule has 1 aliphatic rings. The van der Waals surface area contributed by atoms with Crippen LogP contribution in [0.25, 0.3) is 0 Å². The molecule has 1 saturated heterocycles. The lowest BCUT2D eigenvalue weighted by Gasteiger charge is -2.37. The lowest BCUT2D eigenvalue weighted by atomic mass is 10.2. The van der Waals surface area contributed by atoms with Crippen molar-refractivity contribution in [3.05, 3.63) is 53.0 Å². The fourth-order valence-corrected chi connectivity index (χ4v) is 3.47. The van der Waals surface area contributed by atoms with E-state index in [0.29, 0.717) is 13.2 Å². The Balaban J connectivity index is 1.43. The van der Waals surface area contributed by atoms with Gasteiger partial charge in [0.1, 0.15) is 24.2 Å². The van der Waals surface area contributed by atoms with E-state index in [2.05, 4.69) is 37.9 Å². The molecule has 140 valence electrons. The molecule has 0 aromatic heterocycles. The molecule has 1 N–H and O–H groups in total. The quantitative estimate of drug-likeness (QED) is 0.745. The third-order valence-electron chi connectivity index (χ3n) is 4.50. The molecule has 3 rings (SSSR count). The fraction of sp³-hybridized carbons (Fsp3) is 0.400. The standard InChI is InChI=1S/C20H25BrN2O3/c1-25-19-6-3-5-17(13-19)23-10-8-22(9-11-23)14-18(24)15-26-20-7-2-4-16(21)12-20/h2-7,12-13,18,24H,8-11,14-15H2,1H3. The van der Waals surface area contributed by atoms with Crippen LogP contribution in [0.2, 0.25) is 0 Å². The molecule has 2 aromatic rings. The summed E-state index contributed by atoms with van der Waals surface area (Å²) in [6, 6.07) is 15.8. The van der Waals surface area contributed by atoms with Gasteiger partial charge in [0.25, 0.3) is 0 Å². The molecule has 1 fully saturated rings. The van der Waals surface area contributed by atoms with Crippen LogP contribution in [0, 0.1) is 0 Å². The second-order valence-electron chi connectivity index (χ2n) is 6.41. The molecule has 0 bridgehead atoms. The number of rotatable bonds is 7. The predicted molar refractivity (Wildman–Crippen MR) is 107 cm³/mol. The molecular formula is C20H25BrN2O3. The van der Waals surface area contributed by atoms with Crippen LogP contribution in [0.15, 0.2) is 53.0 Å². The number of β-amino-alcohol motifs (C(OH)–C–C–N with tert-alkyl or cyclic N) is 1. The number of anilines is 1. The monoisotopic (exact) mass is 420 g/mol. The van der Waals surface area contributed by atoms with Gasteiger partial charge in [-0.3, -0.25) is 4.90 Å². The molecule has 0 amide bonds. The van der Waals surface area contributed by atoms with Crippen molar-refractivity contribution in [3.8, 4) is 11.5 Å². The van der Waals surface area contributed by atoms with Gasteiger partial charge in [-0.2, -0.15) is 0 Å². The van der Waals surface area contributed by atoms with E-state index in [4.69, 9.17) is 9.47 Å². The first-order valence-corrected chi connectivity index (χ1v) is 9.61. The first kappa shape index (κ1) is 19.0. The molecule has 0 radical (unpaired) electrons. The molecule has 1 heterocycles. The number of halogens is 1. The van der Waals surface area contributed by atoms with Gasteiger partial charge < -0.3 is 19.5 Å².